The van der Waals surface area contributed by atoms with E-state index in [4.69, 9.17) is 0 Å². The van der Waals surface area contributed by atoms with Gasteiger partial charge >= 0.3 is 0 Å². The molecule has 58 heavy (non-hydrogen) atoms. The fourth-order valence-corrected chi connectivity index (χ4v) is 17.0. The van der Waals surface area contributed by atoms with E-state index >= 15 is 0 Å². The molecule has 2 aliphatic heterocycles. The second-order valence-corrected chi connectivity index (χ2v) is 20.4. The Morgan fingerprint density at radius 2 is 0.828 bits per heavy atom. The number of hydrogen-bond donors (Lipinski definition) is 0. The molecule has 0 N–H and O–H groups in total. The van der Waals surface area contributed by atoms with Gasteiger partial charge in [0.15, 0.2) is 8.07 Å². The van der Waals surface area contributed by atoms with Gasteiger partial charge in [-0.15, -0.1) is 0 Å². The van der Waals surface area contributed by atoms with Crippen LogP contribution in [0.3, 0.4) is 0 Å². The van der Waals surface area contributed by atoms with Crippen LogP contribution in [0.2, 0.25) is 0 Å². The quantitative estimate of drug-likeness (QED) is 0.161. The predicted octanol–water partition coefficient (Wildman–Crippen LogP) is 11.0. The lowest BCUT2D eigenvalue weighted by Gasteiger charge is -2.51. The van der Waals surface area contributed by atoms with Gasteiger partial charge in [0.1, 0.15) is 0 Å². The molecule has 1 spiro atoms. The summed E-state index contributed by atoms with van der Waals surface area (Å²) < 4.78 is 2.40. The van der Waals surface area contributed by atoms with Gasteiger partial charge in [0.05, 0.1) is 16.4 Å². The van der Waals surface area contributed by atoms with E-state index in [-0.39, 0.29) is 0 Å². The van der Waals surface area contributed by atoms with E-state index in [1.54, 1.807) is 0 Å². The molecule has 0 fully saturated rings. The number of fused-ring (bicyclic) bond motifs is 11. The molecule has 1 nitrogen and oxygen atoms in total. The van der Waals surface area contributed by atoms with Gasteiger partial charge in [0.2, 0.25) is 0 Å². The molecule has 12 rings (SSSR count). The van der Waals surface area contributed by atoms with Crippen LogP contribution in [-0.2, 0) is 5.41 Å². The molecular weight excluding hydrogens is 735 g/mol. The minimum atomic E-state index is -2.86. The van der Waals surface area contributed by atoms with Gasteiger partial charge in [-0.05, 0) is 96.6 Å². The van der Waals surface area contributed by atoms with Crippen molar-refractivity contribution in [3.63, 3.8) is 0 Å². The minimum absolute atomic E-state index is 0.524. The predicted molar refractivity (Wildman–Crippen MR) is 246 cm³/mol. The third-order valence-corrected chi connectivity index (χ3v) is 18.9. The fourth-order valence-electron chi connectivity index (χ4n) is 10.5. The lowest BCUT2D eigenvalue weighted by Crippen LogP contribution is -2.79. The first kappa shape index (κ1) is 33.5. The number of rotatable bonds is 4. The van der Waals surface area contributed by atoms with Crippen LogP contribution in [-0.4, -0.2) is 12.6 Å². The first-order valence-electron chi connectivity index (χ1n) is 20.1. The average molecular weight is 772 g/mol. The molecule has 0 aliphatic carbocycles. The third kappa shape index (κ3) is 4.54. The summed E-state index contributed by atoms with van der Waals surface area (Å²) in [7, 11) is -2.86. The summed E-state index contributed by atoms with van der Waals surface area (Å²) in [4.78, 5) is 2.63. The van der Waals surface area contributed by atoms with Crippen LogP contribution in [0.5, 0.6) is 0 Å². The Morgan fingerprint density at radius 3 is 1.43 bits per heavy atom. The highest BCUT2D eigenvalue weighted by molar-refractivity contribution is 7.99. The summed E-state index contributed by atoms with van der Waals surface area (Å²) in [6.45, 7) is 0. The number of nitrogens with zero attached hydrogens (tertiary/aromatic N) is 1. The Kier molecular flexibility index (Phi) is 7.47. The summed E-state index contributed by atoms with van der Waals surface area (Å²) in [6.07, 6.45) is 0. The molecule has 10 aromatic rings. The maximum absolute atomic E-state index is 2.86. The van der Waals surface area contributed by atoms with Crippen LogP contribution in [0, 0.1) is 0 Å². The molecule has 0 saturated heterocycles. The second kappa shape index (κ2) is 12.9. The molecule has 0 bridgehead atoms. The van der Waals surface area contributed by atoms with E-state index in [0.717, 1.165) is 5.69 Å². The summed E-state index contributed by atoms with van der Waals surface area (Å²) in [6, 6.07) is 84.8. The van der Waals surface area contributed by atoms with Gasteiger partial charge in [0, 0.05) is 26.3 Å². The first-order chi connectivity index (χ1) is 28.8. The molecule has 0 atom stereocenters. The van der Waals surface area contributed by atoms with Crippen molar-refractivity contribution in [2.45, 2.75) is 15.2 Å². The SMILES string of the molecule is c1ccc([Si]2(c3ccccc3)c3ccccc3C3(c4ccccc4Sc4ccccc43)c3cc(-c4ccc(-n5c6ccccc6c6ccccc65)cc4)ccc32)cc1. The Balaban J connectivity index is 1.16. The van der Waals surface area contributed by atoms with Crippen LogP contribution in [0.25, 0.3) is 38.6 Å². The van der Waals surface area contributed by atoms with Crippen molar-refractivity contribution in [3.8, 4) is 16.8 Å². The molecule has 9 aromatic carbocycles. The third-order valence-electron chi connectivity index (χ3n) is 12.8. The Bertz CT molecular complexity index is 3060. The van der Waals surface area contributed by atoms with E-state index < -0.39 is 13.5 Å². The highest BCUT2D eigenvalue weighted by atomic mass is 32.2. The standard InChI is InChI=1S/C55H37NSSi/c1-3-17-41(18-4-1)58(42-19-5-2-6-20-42)53-30-16-11-25-47(53)55(45-23-9-14-28-51(45)57-52-29-15-10-24-46(52)55)48-37-39(33-36-54(48)58)38-31-34-40(35-32-38)56-49-26-12-7-21-43(49)44-22-8-13-27-50(44)56/h1-37H. The molecular formula is C55H37NSSi. The maximum Gasteiger partial charge on any atom is 0.180 e. The number of para-hydroxylation sites is 2. The van der Waals surface area contributed by atoms with Gasteiger partial charge < -0.3 is 4.57 Å². The van der Waals surface area contributed by atoms with Gasteiger partial charge in [-0.1, -0.05) is 194 Å². The van der Waals surface area contributed by atoms with Crippen LogP contribution < -0.4 is 20.7 Å². The monoisotopic (exact) mass is 771 g/mol. The summed E-state index contributed by atoms with van der Waals surface area (Å²) in [5.41, 5.74) is 11.0. The lowest BCUT2D eigenvalue weighted by atomic mass is 9.64. The Morgan fingerprint density at radius 1 is 0.362 bits per heavy atom. The molecule has 3 heteroatoms. The molecule has 1 aromatic heterocycles. The number of benzene rings is 9. The smallest absolute Gasteiger partial charge is 0.180 e. The van der Waals surface area contributed by atoms with E-state index in [2.05, 4.69) is 229 Å². The molecule has 0 saturated carbocycles. The molecule has 0 unspecified atom stereocenters. The Labute approximate surface area is 343 Å². The zero-order chi connectivity index (χ0) is 38.3. The zero-order valence-electron chi connectivity index (χ0n) is 31.7. The zero-order valence-corrected chi connectivity index (χ0v) is 33.5. The van der Waals surface area contributed by atoms with Crippen molar-refractivity contribution in [3.05, 3.63) is 247 Å². The normalized spacial score (nSPS) is 14.4. The van der Waals surface area contributed by atoms with Crippen LogP contribution >= 0.6 is 11.8 Å². The highest BCUT2D eigenvalue weighted by Gasteiger charge is 2.57. The van der Waals surface area contributed by atoms with E-state index in [0.29, 0.717) is 0 Å². The Hall–Kier alpha value is -6.65. The summed E-state index contributed by atoms with van der Waals surface area (Å²) in [5, 5.41) is 8.27. The lowest BCUT2D eigenvalue weighted by molar-refractivity contribution is 0.707. The molecule has 0 amide bonds. The second-order valence-electron chi connectivity index (χ2n) is 15.5. The number of aromatic nitrogens is 1. The number of hydrogen-bond acceptors (Lipinski definition) is 1. The highest BCUT2D eigenvalue weighted by Crippen LogP contribution is 2.56. The first-order valence-corrected chi connectivity index (χ1v) is 22.9. The molecule has 0 radical (unpaired) electrons. The largest absolute Gasteiger partial charge is 0.309 e. The maximum atomic E-state index is 2.57. The van der Waals surface area contributed by atoms with Crippen molar-refractivity contribution in [2.24, 2.45) is 0 Å². The van der Waals surface area contributed by atoms with E-state index in [1.807, 2.05) is 11.8 Å². The molecule has 272 valence electrons. The van der Waals surface area contributed by atoms with E-state index in [9.17, 15) is 0 Å². The van der Waals surface area contributed by atoms with Gasteiger partial charge in [-0.2, -0.15) is 0 Å². The summed E-state index contributed by atoms with van der Waals surface area (Å²) >= 11 is 1.90. The van der Waals surface area contributed by atoms with Crippen LogP contribution in [0.15, 0.2) is 234 Å². The topological polar surface area (TPSA) is 4.93 Å². The minimum Gasteiger partial charge on any atom is -0.309 e. The van der Waals surface area contributed by atoms with Gasteiger partial charge in [-0.25, -0.2) is 0 Å². The van der Waals surface area contributed by atoms with Crippen molar-refractivity contribution >= 4 is 62.4 Å². The fraction of sp³-hybridized carbons (Fsp3) is 0.0182. The molecule has 2 aliphatic rings. The average Bonchev–Trinajstić information content (AvgIpc) is 3.64. The summed E-state index contributed by atoms with van der Waals surface area (Å²) in [5.74, 6) is 0. The molecule has 3 heterocycles. The van der Waals surface area contributed by atoms with Crippen LogP contribution in [0.1, 0.15) is 22.3 Å². The van der Waals surface area contributed by atoms with Crippen molar-refractivity contribution in [1.82, 2.24) is 4.57 Å². The van der Waals surface area contributed by atoms with E-state index in [1.165, 1.54) is 85.7 Å². The van der Waals surface area contributed by atoms with Gasteiger partial charge in [0.25, 0.3) is 0 Å². The van der Waals surface area contributed by atoms with Gasteiger partial charge in [-0.3, -0.25) is 0 Å². The van der Waals surface area contributed by atoms with Crippen molar-refractivity contribution in [1.29, 1.82) is 0 Å². The van der Waals surface area contributed by atoms with Crippen LogP contribution in [0.4, 0.5) is 0 Å². The van der Waals surface area contributed by atoms with Crippen molar-refractivity contribution in [2.75, 3.05) is 0 Å². The van der Waals surface area contributed by atoms with Crippen molar-refractivity contribution < 1.29 is 0 Å².